The molecule has 0 spiro atoms. The van der Waals surface area contributed by atoms with E-state index < -0.39 is 0 Å². The molecule has 2 aromatic rings. The van der Waals surface area contributed by atoms with Crippen LogP contribution in [0.15, 0.2) is 34.8 Å². The minimum atomic E-state index is -0.110. The van der Waals surface area contributed by atoms with Gasteiger partial charge in [-0.25, -0.2) is 4.68 Å². The van der Waals surface area contributed by atoms with Crippen molar-refractivity contribution in [2.45, 2.75) is 13.8 Å². The van der Waals surface area contributed by atoms with E-state index in [2.05, 4.69) is 31.7 Å². The lowest BCUT2D eigenvalue weighted by Crippen LogP contribution is -2.29. The molecule has 6 heteroatoms. The number of nitrogens with zero attached hydrogens (tertiary/aromatic N) is 2. The van der Waals surface area contributed by atoms with Gasteiger partial charge < -0.3 is 10.6 Å². The Bertz CT molecular complexity index is 638. The summed E-state index contributed by atoms with van der Waals surface area (Å²) in [6.07, 6.45) is 0. The molecule has 21 heavy (non-hydrogen) atoms. The highest BCUT2D eigenvalue weighted by atomic mass is 79.9. The molecule has 1 aromatic heterocycles. The molecular formula is C15H19BrN4O. The van der Waals surface area contributed by atoms with Crippen LogP contribution in [0.2, 0.25) is 0 Å². The van der Waals surface area contributed by atoms with Crippen LogP contribution in [0.1, 0.15) is 12.6 Å². The molecule has 0 aliphatic heterocycles. The molecule has 0 aliphatic carbocycles. The van der Waals surface area contributed by atoms with Crippen molar-refractivity contribution >= 4 is 27.7 Å². The molecule has 0 fully saturated rings. The maximum Gasteiger partial charge on any atom is 0.229 e. The second-order valence-electron chi connectivity index (χ2n) is 5.01. The van der Waals surface area contributed by atoms with Crippen molar-refractivity contribution in [1.82, 2.24) is 15.1 Å². The molecule has 1 unspecified atom stereocenters. The Kier molecular flexibility index (Phi) is 5.14. The first-order valence-corrected chi connectivity index (χ1v) is 7.58. The number of carbonyl (C=O) groups is 1. The minimum Gasteiger partial charge on any atom is -0.319 e. The molecule has 0 radical (unpaired) electrons. The number of hydrogen-bond acceptors (Lipinski definition) is 3. The lowest BCUT2D eigenvalue weighted by molar-refractivity contribution is -0.119. The fourth-order valence-electron chi connectivity index (χ4n) is 2.04. The van der Waals surface area contributed by atoms with Crippen molar-refractivity contribution in [3.63, 3.8) is 0 Å². The Morgan fingerprint density at radius 3 is 2.86 bits per heavy atom. The summed E-state index contributed by atoms with van der Waals surface area (Å²) < 4.78 is 2.71. The molecule has 1 aromatic carbocycles. The first kappa shape index (κ1) is 15.7. The van der Waals surface area contributed by atoms with E-state index in [1.165, 1.54) is 0 Å². The number of aromatic nitrogens is 2. The second kappa shape index (κ2) is 6.87. The van der Waals surface area contributed by atoms with Crippen molar-refractivity contribution in [3.8, 4) is 5.69 Å². The monoisotopic (exact) mass is 350 g/mol. The van der Waals surface area contributed by atoms with Gasteiger partial charge >= 0.3 is 0 Å². The Balaban J connectivity index is 2.27. The Hall–Kier alpha value is -1.66. The zero-order valence-corrected chi connectivity index (χ0v) is 13.9. The van der Waals surface area contributed by atoms with Gasteiger partial charge in [-0.15, -0.1) is 0 Å². The van der Waals surface area contributed by atoms with Gasteiger partial charge in [0.2, 0.25) is 5.91 Å². The Labute approximate surface area is 132 Å². The third-order valence-electron chi connectivity index (χ3n) is 3.09. The predicted molar refractivity (Wildman–Crippen MR) is 87.7 cm³/mol. The van der Waals surface area contributed by atoms with E-state index in [-0.39, 0.29) is 11.8 Å². The average Bonchev–Trinajstić information content (AvgIpc) is 2.80. The molecule has 1 amide bonds. The predicted octanol–water partition coefficient (Wildman–Crippen LogP) is 2.74. The van der Waals surface area contributed by atoms with Crippen molar-refractivity contribution in [2.24, 2.45) is 5.92 Å². The number of benzene rings is 1. The number of halogens is 1. The van der Waals surface area contributed by atoms with Crippen LogP contribution in [0.5, 0.6) is 0 Å². The minimum absolute atomic E-state index is 0.0273. The maximum absolute atomic E-state index is 12.2. The molecule has 0 bridgehead atoms. The van der Waals surface area contributed by atoms with Gasteiger partial charge in [-0.3, -0.25) is 4.79 Å². The van der Waals surface area contributed by atoms with Crippen LogP contribution in [0.4, 0.5) is 5.82 Å². The number of hydrogen-bond donors (Lipinski definition) is 2. The topological polar surface area (TPSA) is 59.0 Å². The van der Waals surface area contributed by atoms with E-state index in [1.54, 1.807) is 4.68 Å². The number of aryl methyl sites for hydroxylation is 1. The van der Waals surface area contributed by atoms with Crippen LogP contribution in [0, 0.1) is 12.8 Å². The van der Waals surface area contributed by atoms with E-state index >= 15 is 0 Å². The van der Waals surface area contributed by atoms with Gasteiger partial charge in [0, 0.05) is 23.0 Å². The third kappa shape index (κ3) is 3.92. The molecule has 1 atom stereocenters. The summed E-state index contributed by atoms with van der Waals surface area (Å²) in [6, 6.07) is 9.66. The van der Waals surface area contributed by atoms with Crippen molar-refractivity contribution in [2.75, 3.05) is 18.9 Å². The Morgan fingerprint density at radius 1 is 1.43 bits per heavy atom. The number of amides is 1. The maximum atomic E-state index is 12.2. The van der Waals surface area contributed by atoms with Crippen LogP contribution in [-0.2, 0) is 4.79 Å². The van der Waals surface area contributed by atoms with Crippen molar-refractivity contribution in [1.29, 1.82) is 0 Å². The number of rotatable bonds is 5. The van der Waals surface area contributed by atoms with Gasteiger partial charge in [0.05, 0.1) is 11.4 Å². The van der Waals surface area contributed by atoms with Gasteiger partial charge in [0.25, 0.3) is 0 Å². The first-order chi connectivity index (χ1) is 10.0. The molecule has 0 aliphatic rings. The van der Waals surface area contributed by atoms with Crippen LogP contribution >= 0.6 is 15.9 Å². The van der Waals surface area contributed by atoms with E-state index in [9.17, 15) is 4.79 Å². The van der Waals surface area contributed by atoms with Crippen LogP contribution in [0.3, 0.4) is 0 Å². The number of anilines is 1. The van der Waals surface area contributed by atoms with Crippen LogP contribution in [-0.4, -0.2) is 29.3 Å². The van der Waals surface area contributed by atoms with Crippen LogP contribution < -0.4 is 10.6 Å². The van der Waals surface area contributed by atoms with Gasteiger partial charge in [-0.1, -0.05) is 28.9 Å². The van der Waals surface area contributed by atoms with E-state index in [0.717, 1.165) is 15.9 Å². The fourth-order valence-corrected chi connectivity index (χ4v) is 2.43. The molecule has 112 valence electrons. The highest BCUT2D eigenvalue weighted by Gasteiger charge is 2.15. The van der Waals surface area contributed by atoms with Gasteiger partial charge in [-0.05, 0) is 32.2 Å². The number of nitrogens with one attached hydrogen (secondary N) is 2. The van der Waals surface area contributed by atoms with Crippen molar-refractivity contribution < 1.29 is 4.79 Å². The Morgan fingerprint density at radius 2 is 2.19 bits per heavy atom. The highest BCUT2D eigenvalue weighted by Crippen LogP contribution is 2.20. The lowest BCUT2D eigenvalue weighted by Gasteiger charge is -2.13. The summed E-state index contributed by atoms with van der Waals surface area (Å²) in [6.45, 7) is 4.43. The molecule has 0 saturated carbocycles. The highest BCUT2D eigenvalue weighted by molar-refractivity contribution is 9.10. The summed E-state index contributed by atoms with van der Waals surface area (Å²) in [4.78, 5) is 12.2. The summed E-state index contributed by atoms with van der Waals surface area (Å²) >= 11 is 3.45. The van der Waals surface area contributed by atoms with Crippen molar-refractivity contribution in [3.05, 3.63) is 40.5 Å². The summed E-state index contributed by atoms with van der Waals surface area (Å²) in [5, 5.41) is 10.4. The SMILES string of the molecule is CNCC(C)C(=O)Nc1cc(C)nn1-c1cccc(Br)c1. The summed E-state index contributed by atoms with van der Waals surface area (Å²) in [5.41, 5.74) is 1.75. The first-order valence-electron chi connectivity index (χ1n) is 6.79. The normalized spacial score (nSPS) is 12.2. The smallest absolute Gasteiger partial charge is 0.229 e. The molecule has 0 saturated heterocycles. The average molecular weight is 351 g/mol. The third-order valence-corrected chi connectivity index (χ3v) is 3.59. The lowest BCUT2D eigenvalue weighted by atomic mass is 10.1. The molecule has 2 rings (SSSR count). The van der Waals surface area contributed by atoms with Gasteiger partial charge in [-0.2, -0.15) is 5.10 Å². The molecule has 1 heterocycles. The molecular weight excluding hydrogens is 332 g/mol. The van der Waals surface area contributed by atoms with E-state index in [4.69, 9.17) is 0 Å². The van der Waals surface area contributed by atoms with Gasteiger partial charge in [0.1, 0.15) is 5.82 Å². The zero-order valence-electron chi connectivity index (χ0n) is 12.4. The summed E-state index contributed by atoms with van der Waals surface area (Å²) in [5.74, 6) is 0.542. The standard InChI is InChI=1S/C15H19BrN4O/c1-10(9-17-3)15(21)18-14-7-11(2)19-20(14)13-6-4-5-12(16)8-13/h4-8,10,17H,9H2,1-3H3,(H,18,21). The number of carbonyl (C=O) groups excluding carboxylic acids is 1. The second-order valence-corrected chi connectivity index (χ2v) is 5.93. The quantitative estimate of drug-likeness (QED) is 0.871. The fraction of sp³-hybridized carbons (Fsp3) is 0.333. The van der Waals surface area contributed by atoms with E-state index in [0.29, 0.717) is 12.4 Å². The summed E-state index contributed by atoms with van der Waals surface area (Å²) in [7, 11) is 1.83. The largest absolute Gasteiger partial charge is 0.319 e. The zero-order chi connectivity index (χ0) is 15.4. The van der Waals surface area contributed by atoms with Crippen LogP contribution in [0.25, 0.3) is 5.69 Å². The van der Waals surface area contributed by atoms with E-state index in [1.807, 2.05) is 51.2 Å². The van der Waals surface area contributed by atoms with Gasteiger partial charge in [0.15, 0.2) is 0 Å². The molecule has 5 nitrogen and oxygen atoms in total. The molecule has 2 N–H and O–H groups in total.